The molecule has 0 aliphatic heterocycles. The SMILES string of the molecule is CCOCCCCCCCCCOn1ccc(Cl)c1C(=O)OCC. The molecule has 0 aliphatic carbocycles. The monoisotopic (exact) mass is 359 g/mol. The van der Waals surface area contributed by atoms with Crippen molar-refractivity contribution >= 4 is 17.6 Å². The maximum Gasteiger partial charge on any atom is 0.359 e. The molecule has 0 N–H and O–H groups in total. The van der Waals surface area contributed by atoms with E-state index in [4.69, 9.17) is 25.9 Å². The van der Waals surface area contributed by atoms with E-state index in [9.17, 15) is 4.79 Å². The highest BCUT2D eigenvalue weighted by Gasteiger charge is 2.18. The van der Waals surface area contributed by atoms with E-state index >= 15 is 0 Å². The number of carbonyl (C=O) groups excluding carboxylic acids is 1. The molecule has 1 heterocycles. The van der Waals surface area contributed by atoms with Gasteiger partial charge in [0.1, 0.15) is 6.61 Å². The summed E-state index contributed by atoms with van der Waals surface area (Å²) >= 11 is 6.01. The molecule has 0 amide bonds. The lowest BCUT2D eigenvalue weighted by molar-refractivity contribution is 0.0437. The average Bonchev–Trinajstić information content (AvgIpc) is 2.93. The fourth-order valence-electron chi connectivity index (χ4n) is 2.38. The molecule has 0 saturated heterocycles. The molecule has 6 heteroatoms. The number of rotatable bonds is 14. The lowest BCUT2D eigenvalue weighted by Gasteiger charge is -2.10. The van der Waals surface area contributed by atoms with Crippen molar-refractivity contribution in [3.8, 4) is 0 Å². The Kier molecular flexibility index (Phi) is 11.4. The molecule has 0 radical (unpaired) electrons. The van der Waals surface area contributed by atoms with Crippen molar-refractivity contribution < 1.29 is 19.1 Å². The van der Waals surface area contributed by atoms with Gasteiger partial charge in [-0.25, -0.2) is 4.79 Å². The molecule has 1 aromatic rings. The van der Waals surface area contributed by atoms with Crippen LogP contribution in [-0.2, 0) is 9.47 Å². The molecule has 5 nitrogen and oxygen atoms in total. The maximum atomic E-state index is 11.8. The number of carbonyl (C=O) groups is 1. The van der Waals surface area contributed by atoms with Crippen LogP contribution < -0.4 is 4.84 Å². The third kappa shape index (κ3) is 8.06. The van der Waals surface area contributed by atoms with Crippen molar-refractivity contribution in [2.24, 2.45) is 0 Å². The maximum absolute atomic E-state index is 11.8. The van der Waals surface area contributed by atoms with Crippen molar-refractivity contribution in [2.75, 3.05) is 26.4 Å². The van der Waals surface area contributed by atoms with Crippen LogP contribution >= 0.6 is 11.6 Å². The average molecular weight is 360 g/mol. The molecule has 0 atom stereocenters. The van der Waals surface area contributed by atoms with Crippen LogP contribution in [0.4, 0.5) is 0 Å². The summed E-state index contributed by atoms with van der Waals surface area (Å²) < 4.78 is 11.7. The zero-order chi connectivity index (χ0) is 17.6. The predicted molar refractivity (Wildman–Crippen MR) is 95.7 cm³/mol. The quantitative estimate of drug-likeness (QED) is 0.362. The molecule has 0 spiro atoms. The Bertz CT molecular complexity index is 462. The van der Waals surface area contributed by atoms with Gasteiger partial charge in [0.25, 0.3) is 0 Å². The van der Waals surface area contributed by atoms with Crippen molar-refractivity contribution in [3.05, 3.63) is 23.0 Å². The van der Waals surface area contributed by atoms with Gasteiger partial charge in [-0.2, -0.15) is 4.73 Å². The van der Waals surface area contributed by atoms with E-state index in [1.165, 1.54) is 30.4 Å². The van der Waals surface area contributed by atoms with Crippen LogP contribution in [-0.4, -0.2) is 37.1 Å². The summed E-state index contributed by atoms with van der Waals surface area (Å²) in [4.78, 5) is 17.4. The number of nitrogens with zero attached hydrogens (tertiary/aromatic N) is 1. The Hall–Kier alpha value is -1.20. The van der Waals surface area contributed by atoms with Crippen molar-refractivity contribution in [2.45, 2.75) is 58.8 Å². The summed E-state index contributed by atoms with van der Waals surface area (Å²) in [5.41, 5.74) is 0.257. The number of hydrogen-bond acceptors (Lipinski definition) is 4. The Morgan fingerprint density at radius 1 is 1.00 bits per heavy atom. The third-order valence-electron chi connectivity index (χ3n) is 3.64. The molecule has 0 unspecified atom stereocenters. The molecule has 1 rings (SSSR count). The molecule has 0 fully saturated rings. The van der Waals surface area contributed by atoms with Crippen LogP contribution in [0.3, 0.4) is 0 Å². The number of unbranched alkanes of at least 4 members (excludes halogenated alkanes) is 6. The number of aromatic nitrogens is 1. The molecular formula is C18H30ClNO4. The van der Waals surface area contributed by atoms with Gasteiger partial charge in [0.05, 0.1) is 11.6 Å². The Morgan fingerprint density at radius 3 is 2.25 bits per heavy atom. The summed E-state index contributed by atoms with van der Waals surface area (Å²) in [5, 5.41) is 0.348. The van der Waals surface area contributed by atoms with Gasteiger partial charge in [-0.1, -0.05) is 37.3 Å². The van der Waals surface area contributed by atoms with E-state index in [0.717, 1.165) is 32.5 Å². The summed E-state index contributed by atoms with van der Waals surface area (Å²) in [6.07, 6.45) is 9.82. The highest BCUT2D eigenvalue weighted by atomic mass is 35.5. The minimum atomic E-state index is -0.459. The predicted octanol–water partition coefficient (Wildman–Crippen LogP) is 4.51. The second-order valence-corrected chi connectivity index (χ2v) is 5.97. The van der Waals surface area contributed by atoms with Crippen LogP contribution in [0.1, 0.15) is 69.3 Å². The summed E-state index contributed by atoms with van der Waals surface area (Å²) in [7, 11) is 0. The van der Waals surface area contributed by atoms with Crippen LogP contribution in [0.15, 0.2) is 12.3 Å². The van der Waals surface area contributed by atoms with Gasteiger partial charge in [-0.05, 0) is 39.2 Å². The zero-order valence-corrected chi connectivity index (χ0v) is 15.6. The van der Waals surface area contributed by atoms with E-state index in [1.807, 2.05) is 6.92 Å². The topological polar surface area (TPSA) is 49.7 Å². The summed E-state index contributed by atoms with van der Waals surface area (Å²) in [6, 6.07) is 1.63. The van der Waals surface area contributed by atoms with Crippen LogP contribution in [0, 0.1) is 0 Å². The molecule has 24 heavy (non-hydrogen) atoms. The largest absolute Gasteiger partial charge is 0.461 e. The van der Waals surface area contributed by atoms with E-state index in [-0.39, 0.29) is 5.69 Å². The van der Waals surface area contributed by atoms with Crippen LogP contribution in [0.25, 0.3) is 0 Å². The van der Waals surface area contributed by atoms with Crippen molar-refractivity contribution in [1.29, 1.82) is 0 Å². The molecule has 138 valence electrons. The summed E-state index contributed by atoms with van der Waals surface area (Å²) in [6.45, 7) is 6.35. The normalized spacial score (nSPS) is 10.8. The number of hydrogen-bond donors (Lipinski definition) is 0. The Labute approximate surface area is 150 Å². The second-order valence-electron chi connectivity index (χ2n) is 5.56. The Morgan fingerprint density at radius 2 is 1.62 bits per heavy atom. The van der Waals surface area contributed by atoms with Gasteiger partial charge in [0, 0.05) is 19.4 Å². The Balaban J connectivity index is 2.10. The smallest absolute Gasteiger partial charge is 0.359 e. The minimum Gasteiger partial charge on any atom is -0.461 e. The number of halogens is 1. The van der Waals surface area contributed by atoms with Gasteiger partial charge in [0.15, 0.2) is 5.69 Å². The highest BCUT2D eigenvalue weighted by molar-refractivity contribution is 6.33. The molecule has 0 aromatic carbocycles. The minimum absolute atomic E-state index is 0.257. The van der Waals surface area contributed by atoms with Gasteiger partial charge in [0.2, 0.25) is 0 Å². The number of esters is 1. The fourth-order valence-corrected chi connectivity index (χ4v) is 2.60. The first-order chi connectivity index (χ1) is 11.7. The van der Waals surface area contributed by atoms with E-state index in [2.05, 4.69) is 0 Å². The highest BCUT2D eigenvalue weighted by Crippen LogP contribution is 2.17. The third-order valence-corrected chi connectivity index (χ3v) is 3.94. The van der Waals surface area contributed by atoms with E-state index < -0.39 is 5.97 Å². The molecule has 0 bridgehead atoms. The number of ether oxygens (including phenoxy) is 2. The first-order valence-corrected chi connectivity index (χ1v) is 9.33. The van der Waals surface area contributed by atoms with Gasteiger partial charge < -0.3 is 14.3 Å². The van der Waals surface area contributed by atoms with Crippen molar-refractivity contribution in [1.82, 2.24) is 4.73 Å². The lowest BCUT2D eigenvalue weighted by Crippen LogP contribution is -2.19. The van der Waals surface area contributed by atoms with Crippen LogP contribution in [0.2, 0.25) is 5.02 Å². The van der Waals surface area contributed by atoms with Crippen molar-refractivity contribution in [3.63, 3.8) is 0 Å². The van der Waals surface area contributed by atoms with E-state index in [0.29, 0.717) is 18.2 Å². The molecule has 1 aromatic heterocycles. The molecule has 0 aliphatic rings. The molecule has 0 saturated carbocycles. The first kappa shape index (κ1) is 20.8. The first-order valence-electron chi connectivity index (χ1n) is 8.95. The summed E-state index contributed by atoms with van der Waals surface area (Å²) in [5.74, 6) is -0.459. The zero-order valence-electron chi connectivity index (χ0n) is 14.9. The van der Waals surface area contributed by atoms with Gasteiger partial charge in [-0.15, -0.1) is 0 Å². The van der Waals surface area contributed by atoms with Crippen LogP contribution in [0.5, 0.6) is 0 Å². The van der Waals surface area contributed by atoms with E-state index in [1.54, 1.807) is 19.2 Å². The van der Waals surface area contributed by atoms with Gasteiger partial charge >= 0.3 is 5.97 Å². The second kappa shape index (κ2) is 13.1. The standard InChI is InChI=1S/C18H30ClNO4/c1-3-22-14-10-8-6-5-7-9-11-15-24-20-13-12-16(19)17(20)18(21)23-4-2/h12-13H,3-11,14-15H2,1-2H3. The molecular weight excluding hydrogens is 330 g/mol. The fraction of sp³-hybridized carbons (Fsp3) is 0.722. The van der Waals surface area contributed by atoms with Gasteiger partial charge in [-0.3, -0.25) is 0 Å². The lowest BCUT2D eigenvalue weighted by atomic mass is 10.1.